The number of aromatic nitrogens is 1. The molecule has 0 aromatic carbocycles. The Morgan fingerprint density at radius 1 is 1.47 bits per heavy atom. The molecular weight excluding hydrogens is 218 g/mol. The van der Waals surface area contributed by atoms with Crippen molar-refractivity contribution in [2.75, 3.05) is 6.61 Å². The van der Waals surface area contributed by atoms with Crippen LogP contribution in [0.1, 0.15) is 18.9 Å². The fraction of sp³-hybridized carbons (Fsp3) is 0.231. The molecule has 0 aliphatic rings. The number of rotatable bonds is 4. The number of aliphatic carboxylic acids is 1. The molecule has 0 amide bonds. The second-order valence-corrected chi connectivity index (χ2v) is 3.19. The zero-order valence-corrected chi connectivity index (χ0v) is 9.84. The Balaban J connectivity index is 0.000000302. The summed E-state index contributed by atoms with van der Waals surface area (Å²) in [5, 5.41) is 16.5. The van der Waals surface area contributed by atoms with Crippen LogP contribution in [0, 0.1) is 0 Å². The first-order valence-corrected chi connectivity index (χ1v) is 5.15. The lowest BCUT2D eigenvalue weighted by atomic mass is 10.2. The molecule has 1 aromatic rings. The van der Waals surface area contributed by atoms with E-state index in [1.807, 2.05) is 12.1 Å². The van der Waals surface area contributed by atoms with Crippen molar-refractivity contribution in [1.29, 1.82) is 0 Å². The summed E-state index contributed by atoms with van der Waals surface area (Å²) >= 11 is 0. The maximum atomic E-state index is 10.1. The van der Waals surface area contributed by atoms with Gasteiger partial charge in [-0.1, -0.05) is 18.7 Å². The van der Waals surface area contributed by atoms with Gasteiger partial charge in [0, 0.05) is 24.6 Å². The summed E-state index contributed by atoms with van der Waals surface area (Å²) in [6.45, 7) is 5.11. The van der Waals surface area contributed by atoms with Crippen LogP contribution >= 0.6 is 0 Å². The van der Waals surface area contributed by atoms with Gasteiger partial charge < -0.3 is 10.2 Å². The SMILES string of the molecule is C/C(=C\CCO)C(=O)O.C=Cc1ccncc1. The molecule has 0 saturated carbocycles. The molecule has 92 valence electrons. The van der Waals surface area contributed by atoms with Crippen LogP contribution in [-0.4, -0.2) is 27.8 Å². The van der Waals surface area contributed by atoms with Crippen LogP contribution < -0.4 is 0 Å². The van der Waals surface area contributed by atoms with Crippen molar-refractivity contribution in [2.24, 2.45) is 0 Å². The van der Waals surface area contributed by atoms with E-state index in [1.165, 1.54) is 13.0 Å². The Bertz CT molecular complexity index is 372. The highest BCUT2D eigenvalue weighted by Crippen LogP contribution is 1.95. The fourth-order valence-electron chi connectivity index (χ4n) is 0.868. The lowest BCUT2D eigenvalue weighted by Gasteiger charge is -1.89. The normalized spacial score (nSPS) is 10.1. The molecule has 0 saturated heterocycles. The highest BCUT2D eigenvalue weighted by Gasteiger charge is 1.96. The summed E-state index contributed by atoms with van der Waals surface area (Å²) in [6.07, 6.45) is 7.19. The summed E-state index contributed by atoms with van der Waals surface area (Å²) in [4.78, 5) is 13.9. The largest absolute Gasteiger partial charge is 0.478 e. The predicted molar refractivity (Wildman–Crippen MR) is 67.4 cm³/mol. The van der Waals surface area contributed by atoms with Gasteiger partial charge in [-0.3, -0.25) is 4.98 Å². The van der Waals surface area contributed by atoms with Gasteiger partial charge in [0.05, 0.1) is 0 Å². The van der Waals surface area contributed by atoms with Crippen molar-refractivity contribution in [3.8, 4) is 0 Å². The minimum absolute atomic E-state index is 0.00458. The maximum absolute atomic E-state index is 10.1. The molecule has 1 rings (SSSR count). The van der Waals surface area contributed by atoms with Crippen LogP contribution in [0.3, 0.4) is 0 Å². The third-order valence-electron chi connectivity index (χ3n) is 1.86. The topological polar surface area (TPSA) is 70.4 Å². The third kappa shape index (κ3) is 7.93. The van der Waals surface area contributed by atoms with Gasteiger partial charge in [0.1, 0.15) is 0 Å². The van der Waals surface area contributed by atoms with Crippen LogP contribution in [0.25, 0.3) is 6.08 Å². The molecule has 2 N–H and O–H groups in total. The van der Waals surface area contributed by atoms with Gasteiger partial charge in [0.15, 0.2) is 0 Å². The van der Waals surface area contributed by atoms with E-state index in [0.717, 1.165) is 5.56 Å². The number of pyridine rings is 1. The van der Waals surface area contributed by atoms with E-state index in [-0.39, 0.29) is 12.2 Å². The van der Waals surface area contributed by atoms with Crippen molar-refractivity contribution in [3.05, 3.63) is 48.3 Å². The lowest BCUT2D eigenvalue weighted by Crippen LogP contribution is -1.95. The molecule has 4 heteroatoms. The smallest absolute Gasteiger partial charge is 0.330 e. The number of carbonyl (C=O) groups is 1. The average Bonchev–Trinajstić information content (AvgIpc) is 2.37. The van der Waals surface area contributed by atoms with Crippen molar-refractivity contribution in [1.82, 2.24) is 4.98 Å². The van der Waals surface area contributed by atoms with Crippen molar-refractivity contribution < 1.29 is 15.0 Å². The van der Waals surface area contributed by atoms with Crippen molar-refractivity contribution in [3.63, 3.8) is 0 Å². The highest BCUT2D eigenvalue weighted by molar-refractivity contribution is 5.85. The lowest BCUT2D eigenvalue weighted by molar-refractivity contribution is -0.132. The second kappa shape index (κ2) is 9.30. The van der Waals surface area contributed by atoms with E-state index < -0.39 is 5.97 Å². The van der Waals surface area contributed by atoms with E-state index in [0.29, 0.717) is 6.42 Å². The second-order valence-electron chi connectivity index (χ2n) is 3.19. The van der Waals surface area contributed by atoms with Crippen LogP contribution in [0.4, 0.5) is 0 Å². The zero-order valence-electron chi connectivity index (χ0n) is 9.84. The number of nitrogens with zero attached hydrogens (tertiary/aromatic N) is 1. The minimum atomic E-state index is -0.927. The minimum Gasteiger partial charge on any atom is -0.478 e. The molecule has 0 unspecified atom stereocenters. The molecule has 0 atom stereocenters. The number of carboxylic acid groups (broad SMARTS) is 1. The van der Waals surface area contributed by atoms with E-state index in [1.54, 1.807) is 18.5 Å². The number of hydrogen-bond acceptors (Lipinski definition) is 3. The van der Waals surface area contributed by atoms with E-state index in [2.05, 4.69) is 11.6 Å². The summed E-state index contributed by atoms with van der Waals surface area (Å²) in [6, 6.07) is 3.82. The zero-order chi connectivity index (χ0) is 13.1. The van der Waals surface area contributed by atoms with Crippen LogP contribution in [0.5, 0.6) is 0 Å². The Labute approximate surface area is 101 Å². The Morgan fingerprint density at radius 3 is 2.41 bits per heavy atom. The Hall–Kier alpha value is -1.94. The number of aliphatic hydroxyl groups is 1. The molecule has 0 aliphatic carbocycles. The van der Waals surface area contributed by atoms with Gasteiger partial charge in [0.25, 0.3) is 0 Å². The molecule has 0 fully saturated rings. The number of carboxylic acids is 1. The van der Waals surface area contributed by atoms with Gasteiger partial charge in [-0.05, 0) is 31.0 Å². The van der Waals surface area contributed by atoms with Gasteiger partial charge in [-0.15, -0.1) is 0 Å². The fourth-order valence-corrected chi connectivity index (χ4v) is 0.868. The molecule has 1 heterocycles. The van der Waals surface area contributed by atoms with Crippen LogP contribution in [0.2, 0.25) is 0 Å². The molecule has 1 aromatic heterocycles. The van der Waals surface area contributed by atoms with E-state index in [9.17, 15) is 4.79 Å². The quantitative estimate of drug-likeness (QED) is 0.784. The summed E-state index contributed by atoms with van der Waals surface area (Å²) in [5.41, 5.74) is 1.39. The number of hydrogen-bond donors (Lipinski definition) is 2. The predicted octanol–water partition coefficient (Wildman–Crippen LogP) is 2.12. The standard InChI is InChI=1S/C7H7N.C6H10O3/c1-2-7-3-5-8-6-4-7;1-5(6(8)9)3-2-4-7/h2-6H,1H2;3,7H,2,4H2,1H3,(H,8,9)/b;5-3+. The molecule has 0 radical (unpaired) electrons. The third-order valence-corrected chi connectivity index (χ3v) is 1.86. The summed E-state index contributed by atoms with van der Waals surface area (Å²) in [7, 11) is 0. The first-order valence-electron chi connectivity index (χ1n) is 5.15. The van der Waals surface area contributed by atoms with Crippen molar-refractivity contribution >= 4 is 12.0 Å². The number of aliphatic hydroxyl groups excluding tert-OH is 1. The highest BCUT2D eigenvalue weighted by atomic mass is 16.4. The summed E-state index contributed by atoms with van der Waals surface area (Å²) in [5.74, 6) is -0.927. The van der Waals surface area contributed by atoms with Gasteiger partial charge in [0.2, 0.25) is 0 Å². The van der Waals surface area contributed by atoms with Crippen LogP contribution in [0.15, 0.2) is 42.8 Å². The van der Waals surface area contributed by atoms with Crippen molar-refractivity contribution in [2.45, 2.75) is 13.3 Å². The first-order chi connectivity index (χ1) is 8.11. The van der Waals surface area contributed by atoms with E-state index in [4.69, 9.17) is 10.2 Å². The van der Waals surface area contributed by atoms with Crippen LogP contribution in [-0.2, 0) is 4.79 Å². The molecule has 0 aliphatic heterocycles. The van der Waals surface area contributed by atoms with E-state index >= 15 is 0 Å². The molecular formula is C13H17NO3. The summed E-state index contributed by atoms with van der Waals surface area (Å²) < 4.78 is 0. The van der Waals surface area contributed by atoms with Gasteiger partial charge in [-0.2, -0.15) is 0 Å². The molecule has 0 spiro atoms. The van der Waals surface area contributed by atoms with Gasteiger partial charge >= 0.3 is 5.97 Å². The monoisotopic (exact) mass is 235 g/mol. The maximum Gasteiger partial charge on any atom is 0.330 e. The average molecular weight is 235 g/mol. The Kier molecular flexibility index (Phi) is 8.24. The Morgan fingerprint density at radius 2 is 2.06 bits per heavy atom. The first kappa shape index (κ1) is 15.1. The molecule has 17 heavy (non-hydrogen) atoms. The van der Waals surface area contributed by atoms with Gasteiger partial charge in [-0.25, -0.2) is 4.79 Å². The molecule has 4 nitrogen and oxygen atoms in total. The molecule has 0 bridgehead atoms.